The minimum atomic E-state index is 0.0262. The van der Waals surface area contributed by atoms with Gasteiger partial charge in [-0.3, -0.25) is 0 Å². The maximum atomic E-state index is 10.2. The van der Waals surface area contributed by atoms with Gasteiger partial charge in [0.25, 0.3) is 0 Å². The summed E-state index contributed by atoms with van der Waals surface area (Å²) in [6.07, 6.45) is 4.50. The zero-order chi connectivity index (χ0) is 14.3. The van der Waals surface area contributed by atoms with Gasteiger partial charge in [0.1, 0.15) is 17.1 Å². The third-order valence-electron chi connectivity index (χ3n) is 4.00. The van der Waals surface area contributed by atoms with Crippen LogP contribution >= 0.6 is 0 Å². The van der Waals surface area contributed by atoms with Crippen LogP contribution in [0.25, 0.3) is 11.0 Å². The van der Waals surface area contributed by atoms with Gasteiger partial charge in [-0.2, -0.15) is 0 Å². The van der Waals surface area contributed by atoms with E-state index in [1.54, 1.807) is 6.07 Å². The van der Waals surface area contributed by atoms with Gasteiger partial charge in [-0.05, 0) is 52.2 Å². The number of benzene rings is 1. The van der Waals surface area contributed by atoms with Gasteiger partial charge in [0.05, 0.1) is 0 Å². The molecule has 0 saturated carbocycles. The van der Waals surface area contributed by atoms with Crippen molar-refractivity contribution in [3.8, 4) is 5.75 Å². The van der Waals surface area contributed by atoms with E-state index in [1.165, 1.54) is 18.4 Å². The SMILES string of the molecule is CC(C)(C)NCc1c(O)ccc2oc3c(c12)CCCC3. The molecule has 0 atom stereocenters. The van der Waals surface area contributed by atoms with Crippen molar-refractivity contribution in [3.05, 3.63) is 29.0 Å². The molecule has 3 rings (SSSR count). The Kier molecular flexibility index (Phi) is 3.25. The fourth-order valence-corrected chi connectivity index (χ4v) is 2.95. The van der Waals surface area contributed by atoms with Gasteiger partial charge < -0.3 is 14.8 Å². The molecule has 0 fully saturated rings. The van der Waals surface area contributed by atoms with Gasteiger partial charge in [0.15, 0.2) is 0 Å². The van der Waals surface area contributed by atoms with Crippen LogP contribution in [0.5, 0.6) is 5.75 Å². The zero-order valence-electron chi connectivity index (χ0n) is 12.5. The van der Waals surface area contributed by atoms with E-state index in [-0.39, 0.29) is 5.54 Å². The molecule has 2 N–H and O–H groups in total. The molecule has 2 aromatic rings. The summed E-state index contributed by atoms with van der Waals surface area (Å²) in [6, 6.07) is 3.64. The molecule has 108 valence electrons. The molecule has 0 aliphatic heterocycles. The van der Waals surface area contributed by atoms with Gasteiger partial charge in [0, 0.05) is 35.0 Å². The highest BCUT2D eigenvalue weighted by Gasteiger charge is 2.22. The van der Waals surface area contributed by atoms with E-state index in [1.807, 2.05) is 6.07 Å². The van der Waals surface area contributed by atoms with Crippen LogP contribution in [-0.4, -0.2) is 10.6 Å². The first-order chi connectivity index (χ1) is 9.46. The summed E-state index contributed by atoms with van der Waals surface area (Å²) < 4.78 is 5.98. The first kappa shape index (κ1) is 13.5. The van der Waals surface area contributed by atoms with Crippen molar-refractivity contribution in [2.45, 2.75) is 58.5 Å². The lowest BCUT2D eigenvalue weighted by molar-refractivity contribution is 0.413. The van der Waals surface area contributed by atoms with E-state index in [2.05, 4.69) is 26.1 Å². The summed E-state index contributed by atoms with van der Waals surface area (Å²) in [4.78, 5) is 0. The van der Waals surface area contributed by atoms with Crippen LogP contribution in [0.4, 0.5) is 0 Å². The largest absolute Gasteiger partial charge is 0.508 e. The number of hydrogen-bond acceptors (Lipinski definition) is 3. The minimum Gasteiger partial charge on any atom is -0.508 e. The Labute approximate surface area is 120 Å². The van der Waals surface area contributed by atoms with E-state index in [4.69, 9.17) is 4.42 Å². The molecule has 1 aliphatic rings. The number of aromatic hydroxyl groups is 1. The van der Waals surface area contributed by atoms with Crippen LogP contribution in [-0.2, 0) is 19.4 Å². The molecule has 0 unspecified atom stereocenters. The van der Waals surface area contributed by atoms with Crippen LogP contribution in [0.2, 0.25) is 0 Å². The first-order valence-corrected chi connectivity index (χ1v) is 7.46. The van der Waals surface area contributed by atoms with Crippen LogP contribution in [0.3, 0.4) is 0 Å². The van der Waals surface area contributed by atoms with E-state index >= 15 is 0 Å². The van der Waals surface area contributed by atoms with Gasteiger partial charge >= 0.3 is 0 Å². The monoisotopic (exact) mass is 273 g/mol. The van der Waals surface area contributed by atoms with Crippen LogP contribution in [0.15, 0.2) is 16.5 Å². The smallest absolute Gasteiger partial charge is 0.135 e. The number of furan rings is 1. The number of phenolic OH excluding ortho intramolecular Hbond substituents is 1. The molecule has 1 aromatic carbocycles. The average Bonchev–Trinajstić information content (AvgIpc) is 2.75. The van der Waals surface area contributed by atoms with Crippen LogP contribution < -0.4 is 5.32 Å². The van der Waals surface area contributed by atoms with Crippen molar-refractivity contribution >= 4 is 11.0 Å². The van der Waals surface area contributed by atoms with Gasteiger partial charge in [-0.25, -0.2) is 0 Å². The van der Waals surface area contributed by atoms with E-state index < -0.39 is 0 Å². The maximum Gasteiger partial charge on any atom is 0.135 e. The number of phenols is 1. The van der Waals surface area contributed by atoms with Crippen molar-refractivity contribution in [1.29, 1.82) is 0 Å². The van der Waals surface area contributed by atoms with E-state index in [9.17, 15) is 5.11 Å². The van der Waals surface area contributed by atoms with E-state index in [0.29, 0.717) is 12.3 Å². The summed E-state index contributed by atoms with van der Waals surface area (Å²) >= 11 is 0. The summed E-state index contributed by atoms with van der Waals surface area (Å²) in [5.74, 6) is 1.48. The molecule has 3 nitrogen and oxygen atoms in total. The van der Waals surface area contributed by atoms with Crippen molar-refractivity contribution in [2.24, 2.45) is 0 Å². The third kappa shape index (κ3) is 2.42. The fraction of sp³-hybridized carbons (Fsp3) is 0.529. The zero-order valence-corrected chi connectivity index (χ0v) is 12.5. The molecule has 20 heavy (non-hydrogen) atoms. The molecule has 0 saturated heterocycles. The van der Waals surface area contributed by atoms with Gasteiger partial charge in [-0.1, -0.05) is 0 Å². The lowest BCUT2D eigenvalue weighted by atomic mass is 9.93. The third-order valence-corrected chi connectivity index (χ3v) is 4.00. The first-order valence-electron chi connectivity index (χ1n) is 7.46. The average molecular weight is 273 g/mol. The highest BCUT2D eigenvalue weighted by Crippen LogP contribution is 2.37. The van der Waals surface area contributed by atoms with Gasteiger partial charge in [0.2, 0.25) is 0 Å². The topological polar surface area (TPSA) is 45.4 Å². The molecule has 3 heteroatoms. The second-order valence-electron chi connectivity index (χ2n) is 6.75. The highest BCUT2D eigenvalue weighted by atomic mass is 16.3. The van der Waals surface area contributed by atoms with E-state index in [0.717, 1.165) is 35.1 Å². The number of rotatable bonds is 2. The number of nitrogens with one attached hydrogen (secondary N) is 1. The Hall–Kier alpha value is -1.48. The molecule has 1 aliphatic carbocycles. The number of hydrogen-bond donors (Lipinski definition) is 2. The van der Waals surface area contributed by atoms with Crippen LogP contribution in [0.1, 0.15) is 50.5 Å². The van der Waals surface area contributed by atoms with Crippen molar-refractivity contribution in [3.63, 3.8) is 0 Å². The van der Waals surface area contributed by atoms with Crippen molar-refractivity contribution < 1.29 is 9.52 Å². The Balaban J connectivity index is 2.09. The quantitative estimate of drug-likeness (QED) is 0.872. The summed E-state index contributed by atoms with van der Waals surface area (Å²) in [6.45, 7) is 7.07. The Morgan fingerprint density at radius 2 is 1.95 bits per heavy atom. The summed E-state index contributed by atoms with van der Waals surface area (Å²) in [7, 11) is 0. The molecule has 0 spiro atoms. The lowest BCUT2D eigenvalue weighted by Gasteiger charge is -2.21. The maximum absolute atomic E-state index is 10.2. The molecule has 0 radical (unpaired) electrons. The Morgan fingerprint density at radius 3 is 2.70 bits per heavy atom. The molecule has 0 amide bonds. The molecular weight excluding hydrogens is 250 g/mol. The molecular formula is C17H23NO2. The highest BCUT2D eigenvalue weighted by molar-refractivity contribution is 5.88. The normalized spacial score (nSPS) is 15.6. The van der Waals surface area contributed by atoms with Gasteiger partial charge in [-0.15, -0.1) is 0 Å². The van der Waals surface area contributed by atoms with Crippen LogP contribution in [0, 0.1) is 0 Å². The Morgan fingerprint density at radius 1 is 1.20 bits per heavy atom. The molecule has 1 heterocycles. The lowest BCUT2D eigenvalue weighted by Crippen LogP contribution is -2.35. The molecule has 0 bridgehead atoms. The fourth-order valence-electron chi connectivity index (χ4n) is 2.95. The van der Waals surface area contributed by atoms with Crippen molar-refractivity contribution in [2.75, 3.05) is 0 Å². The Bertz CT molecular complexity index is 634. The minimum absolute atomic E-state index is 0.0262. The number of aryl methyl sites for hydroxylation is 2. The predicted molar refractivity (Wildman–Crippen MR) is 81.1 cm³/mol. The predicted octanol–water partition coefficient (Wildman–Crippen LogP) is 3.91. The number of fused-ring (bicyclic) bond motifs is 3. The van der Waals surface area contributed by atoms with Crippen molar-refractivity contribution in [1.82, 2.24) is 5.32 Å². The summed E-state index contributed by atoms with van der Waals surface area (Å²) in [5, 5.41) is 14.8. The molecule has 1 aromatic heterocycles. The summed E-state index contributed by atoms with van der Waals surface area (Å²) in [5.41, 5.74) is 3.23. The second-order valence-corrected chi connectivity index (χ2v) is 6.75. The second kappa shape index (κ2) is 4.81. The standard InChI is InChI=1S/C17H23NO2/c1-17(2,3)18-10-12-13(19)8-9-15-16(12)11-6-4-5-7-14(11)20-15/h8-9,18-19H,4-7,10H2,1-3H3.